The highest BCUT2D eigenvalue weighted by Gasteiger charge is 2.32. The summed E-state index contributed by atoms with van der Waals surface area (Å²) in [6, 6.07) is 0. The Hall–Kier alpha value is -1.16. The molecule has 0 radical (unpaired) electrons. The van der Waals surface area contributed by atoms with Crippen LogP contribution in [0.4, 0.5) is 0 Å². The average molecular weight is 250 g/mol. The number of aromatic nitrogens is 2. The highest BCUT2D eigenvalue weighted by atomic mass is 16.5. The largest absolute Gasteiger partial charge is 0.370 e. The molecule has 2 rings (SSSR count). The number of carbonyl (C=O) groups is 1. The van der Waals surface area contributed by atoms with Gasteiger partial charge >= 0.3 is 0 Å². The van der Waals surface area contributed by atoms with Gasteiger partial charge in [0.15, 0.2) is 5.78 Å². The van der Waals surface area contributed by atoms with E-state index in [1.807, 2.05) is 18.5 Å². The van der Waals surface area contributed by atoms with E-state index in [-0.39, 0.29) is 17.5 Å². The van der Waals surface area contributed by atoms with Gasteiger partial charge in [-0.05, 0) is 47.5 Å². The first-order chi connectivity index (χ1) is 8.30. The van der Waals surface area contributed by atoms with E-state index in [0.29, 0.717) is 0 Å². The number of nitrogens with zero attached hydrogens (tertiary/aromatic N) is 2. The van der Waals surface area contributed by atoms with Crippen molar-refractivity contribution in [1.82, 2.24) is 9.78 Å². The van der Waals surface area contributed by atoms with E-state index in [1.54, 1.807) is 6.92 Å². The number of ether oxygens (including phenoxy) is 1. The lowest BCUT2D eigenvalue weighted by atomic mass is 10.1. The fourth-order valence-electron chi connectivity index (χ4n) is 2.78. The highest BCUT2D eigenvalue weighted by Crippen LogP contribution is 2.30. The van der Waals surface area contributed by atoms with Crippen LogP contribution in [0.2, 0.25) is 0 Å². The third-order valence-electron chi connectivity index (χ3n) is 3.66. The van der Waals surface area contributed by atoms with Crippen LogP contribution < -0.4 is 0 Å². The molecule has 1 aromatic rings. The molecule has 1 atom stereocenters. The SMILES string of the molecule is CC(=O)c1c(C)nn(CC2CCC(C)(C)O2)c1C. The van der Waals surface area contributed by atoms with Gasteiger partial charge in [0.25, 0.3) is 0 Å². The molecular formula is C14H22N2O2. The molecule has 0 spiro atoms. The summed E-state index contributed by atoms with van der Waals surface area (Å²) in [5.74, 6) is 0.0870. The molecule has 0 N–H and O–H groups in total. The van der Waals surface area contributed by atoms with E-state index in [0.717, 1.165) is 36.3 Å². The van der Waals surface area contributed by atoms with Gasteiger partial charge in [-0.3, -0.25) is 9.48 Å². The molecule has 1 unspecified atom stereocenters. The second kappa shape index (κ2) is 4.50. The molecule has 1 aliphatic heterocycles. The van der Waals surface area contributed by atoms with Gasteiger partial charge in [-0.25, -0.2) is 0 Å². The second-order valence-electron chi connectivity index (χ2n) is 5.82. The zero-order valence-corrected chi connectivity index (χ0v) is 11.9. The number of hydrogen-bond donors (Lipinski definition) is 0. The topological polar surface area (TPSA) is 44.1 Å². The molecule has 0 aromatic carbocycles. The fourth-order valence-corrected chi connectivity index (χ4v) is 2.78. The molecule has 0 aliphatic carbocycles. The number of carbonyl (C=O) groups excluding carboxylic acids is 1. The summed E-state index contributed by atoms with van der Waals surface area (Å²) in [6.07, 6.45) is 2.34. The van der Waals surface area contributed by atoms with Crippen molar-refractivity contribution in [3.05, 3.63) is 17.0 Å². The predicted molar refractivity (Wildman–Crippen MR) is 69.9 cm³/mol. The van der Waals surface area contributed by atoms with E-state index in [4.69, 9.17) is 4.74 Å². The van der Waals surface area contributed by atoms with Gasteiger partial charge in [0, 0.05) is 5.69 Å². The van der Waals surface area contributed by atoms with Crippen LogP contribution in [-0.2, 0) is 11.3 Å². The average Bonchev–Trinajstić information content (AvgIpc) is 2.68. The third kappa shape index (κ3) is 2.48. The zero-order chi connectivity index (χ0) is 13.5. The van der Waals surface area contributed by atoms with Gasteiger partial charge in [-0.1, -0.05) is 0 Å². The van der Waals surface area contributed by atoms with Crippen molar-refractivity contribution >= 4 is 5.78 Å². The summed E-state index contributed by atoms with van der Waals surface area (Å²) >= 11 is 0. The molecular weight excluding hydrogens is 228 g/mol. The molecule has 0 saturated carbocycles. The van der Waals surface area contributed by atoms with Crippen molar-refractivity contribution in [3.8, 4) is 0 Å². The van der Waals surface area contributed by atoms with Gasteiger partial charge in [0.2, 0.25) is 0 Å². The molecule has 18 heavy (non-hydrogen) atoms. The van der Waals surface area contributed by atoms with Crippen LogP contribution in [0, 0.1) is 13.8 Å². The quantitative estimate of drug-likeness (QED) is 0.775. The monoisotopic (exact) mass is 250 g/mol. The summed E-state index contributed by atoms with van der Waals surface area (Å²) in [6.45, 7) is 10.4. The number of rotatable bonds is 3. The predicted octanol–water partition coefficient (Wildman–Crippen LogP) is 2.66. The summed E-state index contributed by atoms with van der Waals surface area (Å²) < 4.78 is 7.89. The summed E-state index contributed by atoms with van der Waals surface area (Å²) in [7, 11) is 0. The lowest BCUT2D eigenvalue weighted by Gasteiger charge is -2.19. The maximum atomic E-state index is 11.6. The lowest BCUT2D eigenvalue weighted by Crippen LogP contribution is -2.23. The summed E-state index contributed by atoms with van der Waals surface area (Å²) in [5, 5.41) is 4.46. The molecule has 0 amide bonds. The van der Waals surface area contributed by atoms with Crippen molar-refractivity contribution < 1.29 is 9.53 Å². The number of ketones is 1. The van der Waals surface area contributed by atoms with Crippen LogP contribution in [0.3, 0.4) is 0 Å². The Morgan fingerprint density at radius 1 is 1.50 bits per heavy atom. The molecule has 1 fully saturated rings. The molecule has 1 aliphatic rings. The van der Waals surface area contributed by atoms with Crippen molar-refractivity contribution in [3.63, 3.8) is 0 Å². The van der Waals surface area contributed by atoms with Crippen LogP contribution in [0.15, 0.2) is 0 Å². The maximum absolute atomic E-state index is 11.6. The first-order valence-corrected chi connectivity index (χ1v) is 6.53. The van der Waals surface area contributed by atoms with Gasteiger partial charge in [-0.2, -0.15) is 5.10 Å². The Morgan fingerprint density at radius 2 is 2.17 bits per heavy atom. The van der Waals surface area contributed by atoms with Gasteiger partial charge in [0.1, 0.15) is 0 Å². The molecule has 0 bridgehead atoms. The minimum absolute atomic E-state index is 0.0236. The Kier molecular flexibility index (Phi) is 3.32. The fraction of sp³-hybridized carbons (Fsp3) is 0.714. The zero-order valence-electron chi connectivity index (χ0n) is 11.9. The van der Waals surface area contributed by atoms with Crippen molar-refractivity contribution in [2.75, 3.05) is 0 Å². The number of Topliss-reactive ketones (excluding diaryl/α,β-unsaturated/α-hetero) is 1. The van der Waals surface area contributed by atoms with Crippen LogP contribution in [0.25, 0.3) is 0 Å². The first-order valence-electron chi connectivity index (χ1n) is 6.53. The molecule has 2 heterocycles. The van der Waals surface area contributed by atoms with Crippen molar-refractivity contribution in [2.24, 2.45) is 0 Å². The van der Waals surface area contributed by atoms with Crippen molar-refractivity contribution in [1.29, 1.82) is 0 Å². The highest BCUT2D eigenvalue weighted by molar-refractivity contribution is 5.96. The lowest BCUT2D eigenvalue weighted by molar-refractivity contribution is -0.0232. The third-order valence-corrected chi connectivity index (χ3v) is 3.66. The normalized spacial score (nSPS) is 22.4. The van der Waals surface area contributed by atoms with E-state index in [2.05, 4.69) is 18.9 Å². The van der Waals surface area contributed by atoms with Crippen LogP contribution in [-0.4, -0.2) is 27.3 Å². The molecule has 1 aromatic heterocycles. The van der Waals surface area contributed by atoms with Crippen molar-refractivity contribution in [2.45, 2.75) is 65.7 Å². The molecule has 100 valence electrons. The van der Waals surface area contributed by atoms with Crippen LogP contribution in [0.5, 0.6) is 0 Å². The molecule has 4 heteroatoms. The molecule has 4 nitrogen and oxygen atoms in total. The number of hydrogen-bond acceptors (Lipinski definition) is 3. The Labute approximate surface area is 108 Å². The minimum Gasteiger partial charge on any atom is -0.370 e. The maximum Gasteiger partial charge on any atom is 0.163 e. The first kappa shape index (κ1) is 13.3. The van der Waals surface area contributed by atoms with Gasteiger partial charge in [-0.15, -0.1) is 0 Å². The van der Waals surface area contributed by atoms with E-state index in [1.165, 1.54) is 0 Å². The smallest absolute Gasteiger partial charge is 0.163 e. The second-order valence-corrected chi connectivity index (χ2v) is 5.82. The van der Waals surface area contributed by atoms with Gasteiger partial charge in [0.05, 0.1) is 29.5 Å². The van der Waals surface area contributed by atoms with Gasteiger partial charge < -0.3 is 4.74 Å². The van der Waals surface area contributed by atoms with E-state index >= 15 is 0 Å². The Balaban J connectivity index is 2.16. The Morgan fingerprint density at radius 3 is 2.61 bits per heavy atom. The minimum atomic E-state index is -0.0236. The van der Waals surface area contributed by atoms with E-state index < -0.39 is 0 Å². The standard InChI is InChI=1S/C14H22N2O2/c1-9-13(11(3)17)10(2)16(15-9)8-12-6-7-14(4,5)18-12/h12H,6-8H2,1-5H3. The number of aryl methyl sites for hydroxylation is 1. The van der Waals surface area contributed by atoms with Crippen LogP contribution >= 0.6 is 0 Å². The van der Waals surface area contributed by atoms with Crippen LogP contribution in [0.1, 0.15) is 55.4 Å². The molecule has 1 saturated heterocycles. The van der Waals surface area contributed by atoms with E-state index in [9.17, 15) is 4.79 Å². The summed E-state index contributed by atoms with van der Waals surface area (Å²) in [5.41, 5.74) is 2.50. The summed E-state index contributed by atoms with van der Waals surface area (Å²) in [4.78, 5) is 11.6. The Bertz CT molecular complexity index is 474.